The molecule has 4 heterocycles. The van der Waals surface area contributed by atoms with Crippen LogP contribution in [0.2, 0.25) is 0 Å². The van der Waals surface area contributed by atoms with Crippen molar-refractivity contribution in [2.75, 3.05) is 24.3 Å². The number of rotatable bonds is 3. The van der Waals surface area contributed by atoms with Crippen LogP contribution in [0.3, 0.4) is 0 Å². The number of hydrogen-bond acceptors (Lipinski definition) is 8. The first-order valence-electron chi connectivity index (χ1n) is 10.6. The number of ether oxygens (including phenoxy) is 2. The maximum atomic E-state index is 13.4. The standard InChI is InChI=1S/C24H18N4O4S2/c1-13-19-22(26-24-28(23(19)30)27-16(12-33-24)14-5-3-2-4-6-14)34-20(13)21(29)25-15-7-8-17-18(11-15)32-10-9-31-17/h2-8,11H,9-10,12H2,1H3,(H,25,29). The van der Waals surface area contributed by atoms with Crippen molar-refractivity contribution < 1.29 is 14.3 Å². The predicted molar refractivity (Wildman–Crippen MR) is 133 cm³/mol. The zero-order valence-corrected chi connectivity index (χ0v) is 19.7. The van der Waals surface area contributed by atoms with Gasteiger partial charge in [-0.15, -0.1) is 11.3 Å². The van der Waals surface area contributed by atoms with Crippen molar-refractivity contribution >= 4 is 50.6 Å². The second-order valence-electron chi connectivity index (χ2n) is 7.76. The van der Waals surface area contributed by atoms with Crippen molar-refractivity contribution in [2.24, 2.45) is 5.10 Å². The third-order valence-electron chi connectivity index (χ3n) is 5.58. The molecule has 0 radical (unpaired) electrons. The number of benzene rings is 2. The molecule has 0 fully saturated rings. The quantitative estimate of drug-likeness (QED) is 0.434. The van der Waals surface area contributed by atoms with E-state index in [1.165, 1.54) is 27.8 Å². The Bertz CT molecular complexity index is 1540. The summed E-state index contributed by atoms with van der Waals surface area (Å²) in [6, 6.07) is 15.0. The molecule has 34 heavy (non-hydrogen) atoms. The SMILES string of the molecule is Cc1c(C(=O)Nc2ccc3c(c2)OCCO3)sc2nc3n(c(=O)c12)N=C(c1ccccc1)CS3. The number of thioether (sulfide) groups is 1. The van der Waals surface area contributed by atoms with Gasteiger partial charge in [0.2, 0.25) is 0 Å². The highest BCUT2D eigenvalue weighted by Gasteiger charge is 2.24. The van der Waals surface area contributed by atoms with Crippen molar-refractivity contribution in [3.05, 3.63) is 74.9 Å². The van der Waals surface area contributed by atoms with Crippen LogP contribution < -0.4 is 20.3 Å². The van der Waals surface area contributed by atoms with Crippen LogP contribution in [0.15, 0.2) is 63.6 Å². The Hall–Kier alpha value is -3.63. The number of aryl methyl sites for hydroxylation is 1. The number of aromatic nitrogens is 2. The van der Waals surface area contributed by atoms with Crippen molar-refractivity contribution in [1.82, 2.24) is 9.66 Å². The third-order valence-corrected chi connectivity index (χ3v) is 7.71. The Kier molecular flexibility index (Phi) is 5.11. The monoisotopic (exact) mass is 490 g/mol. The van der Waals surface area contributed by atoms with Crippen LogP contribution in [-0.4, -0.2) is 40.2 Å². The molecule has 170 valence electrons. The summed E-state index contributed by atoms with van der Waals surface area (Å²) in [6.45, 7) is 2.74. The fourth-order valence-corrected chi connectivity index (χ4v) is 5.93. The van der Waals surface area contributed by atoms with E-state index in [4.69, 9.17) is 9.47 Å². The number of thiophene rings is 1. The fraction of sp³-hybridized carbons (Fsp3) is 0.167. The molecule has 0 atom stereocenters. The molecule has 6 rings (SSSR count). The van der Waals surface area contributed by atoms with Crippen LogP contribution in [0, 0.1) is 6.92 Å². The summed E-state index contributed by atoms with van der Waals surface area (Å²) < 4.78 is 12.5. The average molecular weight is 491 g/mol. The van der Waals surface area contributed by atoms with E-state index in [0.717, 1.165) is 11.3 Å². The lowest BCUT2D eigenvalue weighted by molar-refractivity contribution is 0.103. The fourth-order valence-electron chi connectivity index (χ4n) is 3.92. The summed E-state index contributed by atoms with van der Waals surface area (Å²) >= 11 is 2.67. The number of amides is 1. The molecule has 0 saturated carbocycles. The van der Waals surface area contributed by atoms with Gasteiger partial charge in [-0.05, 0) is 30.2 Å². The molecule has 1 N–H and O–H groups in total. The topological polar surface area (TPSA) is 94.8 Å². The van der Waals surface area contributed by atoms with E-state index >= 15 is 0 Å². The lowest BCUT2D eigenvalue weighted by Crippen LogP contribution is -2.25. The van der Waals surface area contributed by atoms with E-state index in [1.807, 2.05) is 30.3 Å². The second-order valence-corrected chi connectivity index (χ2v) is 9.70. The highest BCUT2D eigenvalue weighted by molar-refractivity contribution is 7.99. The molecule has 0 unspecified atom stereocenters. The minimum atomic E-state index is -0.305. The average Bonchev–Trinajstić information content (AvgIpc) is 3.21. The Balaban J connectivity index is 1.36. The summed E-state index contributed by atoms with van der Waals surface area (Å²) in [6.07, 6.45) is 0. The Labute approximate surface area is 202 Å². The molecule has 8 nitrogen and oxygen atoms in total. The lowest BCUT2D eigenvalue weighted by atomic mass is 10.1. The van der Waals surface area contributed by atoms with Crippen molar-refractivity contribution in [2.45, 2.75) is 12.1 Å². The Morgan fingerprint density at radius 1 is 1.09 bits per heavy atom. The van der Waals surface area contributed by atoms with Crippen LogP contribution in [0.25, 0.3) is 10.2 Å². The van der Waals surface area contributed by atoms with Gasteiger partial charge in [0.15, 0.2) is 16.7 Å². The molecule has 2 aliphatic rings. The summed E-state index contributed by atoms with van der Waals surface area (Å²) in [5.41, 5.74) is 2.69. The second kappa shape index (κ2) is 8.30. The number of nitrogens with zero attached hydrogens (tertiary/aromatic N) is 3. The van der Waals surface area contributed by atoms with Gasteiger partial charge in [-0.1, -0.05) is 42.1 Å². The van der Waals surface area contributed by atoms with E-state index in [0.29, 0.717) is 62.0 Å². The van der Waals surface area contributed by atoms with E-state index < -0.39 is 0 Å². The number of carbonyl (C=O) groups is 1. The van der Waals surface area contributed by atoms with Gasteiger partial charge in [0.05, 0.1) is 16.0 Å². The van der Waals surface area contributed by atoms with Crippen molar-refractivity contribution in [1.29, 1.82) is 0 Å². The van der Waals surface area contributed by atoms with Crippen molar-refractivity contribution in [3.8, 4) is 11.5 Å². The molecule has 2 aromatic heterocycles. The number of hydrogen-bond donors (Lipinski definition) is 1. The van der Waals surface area contributed by atoms with Gasteiger partial charge in [-0.25, -0.2) is 4.98 Å². The molecular formula is C24H18N4O4S2. The molecule has 0 spiro atoms. The Morgan fingerprint density at radius 2 is 1.88 bits per heavy atom. The van der Waals surface area contributed by atoms with E-state index in [2.05, 4.69) is 15.4 Å². The number of fused-ring (bicyclic) bond motifs is 3. The first-order chi connectivity index (χ1) is 16.6. The van der Waals surface area contributed by atoms with Gasteiger partial charge in [-0.2, -0.15) is 9.78 Å². The number of carbonyl (C=O) groups excluding carboxylic acids is 1. The highest BCUT2D eigenvalue weighted by Crippen LogP contribution is 2.34. The van der Waals surface area contributed by atoms with Crippen LogP contribution in [-0.2, 0) is 0 Å². The van der Waals surface area contributed by atoms with Gasteiger partial charge >= 0.3 is 0 Å². The molecule has 0 saturated heterocycles. The summed E-state index contributed by atoms with van der Waals surface area (Å²) in [7, 11) is 0. The smallest absolute Gasteiger partial charge is 0.283 e. The molecule has 10 heteroatoms. The summed E-state index contributed by atoms with van der Waals surface area (Å²) in [5, 5.41) is 8.42. The van der Waals surface area contributed by atoms with E-state index in [9.17, 15) is 9.59 Å². The summed E-state index contributed by atoms with van der Waals surface area (Å²) in [4.78, 5) is 32.1. The molecule has 4 aromatic rings. The van der Waals surface area contributed by atoms with Crippen LogP contribution in [0.5, 0.6) is 11.5 Å². The van der Waals surface area contributed by atoms with Crippen LogP contribution >= 0.6 is 23.1 Å². The maximum Gasteiger partial charge on any atom is 0.283 e. The molecule has 0 aliphatic carbocycles. The maximum absolute atomic E-state index is 13.4. The molecule has 2 aliphatic heterocycles. The number of anilines is 1. The predicted octanol–water partition coefficient (Wildman–Crippen LogP) is 4.15. The molecular weight excluding hydrogens is 472 g/mol. The van der Waals surface area contributed by atoms with Gasteiger partial charge in [0.25, 0.3) is 11.5 Å². The van der Waals surface area contributed by atoms with Gasteiger partial charge < -0.3 is 14.8 Å². The third kappa shape index (κ3) is 3.55. The zero-order chi connectivity index (χ0) is 23.2. The molecule has 0 bridgehead atoms. The van der Waals surface area contributed by atoms with Crippen LogP contribution in [0.1, 0.15) is 20.8 Å². The van der Waals surface area contributed by atoms with E-state index in [1.54, 1.807) is 25.1 Å². The van der Waals surface area contributed by atoms with Gasteiger partial charge in [0.1, 0.15) is 18.0 Å². The van der Waals surface area contributed by atoms with Gasteiger partial charge in [0, 0.05) is 17.5 Å². The zero-order valence-electron chi connectivity index (χ0n) is 18.0. The van der Waals surface area contributed by atoms with Crippen molar-refractivity contribution in [3.63, 3.8) is 0 Å². The van der Waals surface area contributed by atoms with E-state index in [-0.39, 0.29) is 11.5 Å². The first kappa shape index (κ1) is 20.9. The van der Waals surface area contributed by atoms with Crippen LogP contribution in [0.4, 0.5) is 5.69 Å². The Morgan fingerprint density at radius 3 is 2.71 bits per heavy atom. The largest absolute Gasteiger partial charge is 0.486 e. The minimum absolute atomic E-state index is 0.271. The summed E-state index contributed by atoms with van der Waals surface area (Å²) in [5.74, 6) is 1.55. The lowest BCUT2D eigenvalue weighted by Gasteiger charge is -2.18. The number of nitrogens with one attached hydrogen (secondary N) is 1. The first-order valence-corrected chi connectivity index (χ1v) is 12.4. The normalized spacial score (nSPS) is 14.4. The van der Waals surface area contributed by atoms with Gasteiger partial charge in [-0.3, -0.25) is 9.59 Å². The minimum Gasteiger partial charge on any atom is -0.486 e. The molecule has 1 amide bonds. The highest BCUT2D eigenvalue weighted by atomic mass is 32.2. The molecule has 2 aromatic carbocycles.